The largest absolute Gasteiger partial charge is 0.436 e. The van der Waals surface area contributed by atoms with E-state index in [2.05, 4.69) is 23.0 Å². The van der Waals surface area contributed by atoms with Gasteiger partial charge in [-0.2, -0.15) is 5.43 Å². The van der Waals surface area contributed by atoms with Gasteiger partial charge < -0.3 is 4.74 Å². The Labute approximate surface area is 130 Å². The minimum absolute atomic E-state index is 0.111. The van der Waals surface area contributed by atoms with Crippen LogP contribution >= 0.6 is 0 Å². The normalized spacial score (nSPS) is 15.3. The van der Waals surface area contributed by atoms with Gasteiger partial charge in [-0.25, -0.2) is 4.79 Å². The minimum Gasteiger partial charge on any atom is -0.436 e. The molecule has 0 aromatic heterocycles. The predicted molar refractivity (Wildman–Crippen MR) is 76.0 cm³/mol. The number of carbonyl (C=O) groups excluding carboxylic acids is 2. The molecule has 1 unspecified atom stereocenters. The fourth-order valence-electron chi connectivity index (χ4n) is 2.06. The monoisotopic (exact) mass is 311 g/mol. The molecule has 8 nitrogen and oxygen atoms in total. The van der Waals surface area contributed by atoms with Gasteiger partial charge >= 0.3 is 5.97 Å². The van der Waals surface area contributed by atoms with Gasteiger partial charge in [0.15, 0.2) is 6.23 Å². The zero-order chi connectivity index (χ0) is 16.4. The molecule has 1 amide bonds. The standard InChI is InChI=1S/C15H9N3O5/c19-13(9-5-7-10(8-6-9)18(21)22)16-17-14-11-3-1-2-4-12(11)15(20)23-14/h1,3,5-8,14,17H,(H,16,19). The molecule has 0 bridgehead atoms. The van der Waals surface area contributed by atoms with Crippen molar-refractivity contribution in [2.24, 2.45) is 0 Å². The predicted octanol–water partition coefficient (Wildman–Crippen LogP) is 1.30. The number of nitro benzene ring substituents is 1. The highest BCUT2D eigenvalue weighted by molar-refractivity contribution is 5.95. The number of non-ortho nitro benzene ring substituents is 1. The van der Waals surface area contributed by atoms with Crippen LogP contribution in [-0.4, -0.2) is 16.8 Å². The van der Waals surface area contributed by atoms with Gasteiger partial charge in [0.2, 0.25) is 0 Å². The smallest absolute Gasteiger partial charge is 0.349 e. The van der Waals surface area contributed by atoms with Gasteiger partial charge in [-0.1, -0.05) is 12.1 Å². The Bertz CT molecular complexity index is 788. The number of rotatable bonds is 4. The van der Waals surface area contributed by atoms with Crippen LogP contribution in [0.2, 0.25) is 0 Å². The number of hydrogen-bond acceptors (Lipinski definition) is 6. The van der Waals surface area contributed by atoms with E-state index in [0.717, 1.165) is 0 Å². The maximum absolute atomic E-state index is 12.0. The number of nitrogens with zero attached hydrogens (tertiary/aromatic N) is 1. The van der Waals surface area contributed by atoms with Crippen molar-refractivity contribution in [3.63, 3.8) is 0 Å². The second kappa shape index (κ2) is 5.75. The number of benzene rings is 1. The first-order valence-electron chi connectivity index (χ1n) is 6.50. The highest BCUT2D eigenvalue weighted by Gasteiger charge is 2.31. The summed E-state index contributed by atoms with van der Waals surface area (Å²) < 4.78 is 5.06. The van der Waals surface area contributed by atoms with Crippen molar-refractivity contribution in [3.05, 3.63) is 75.3 Å². The number of hydrogen-bond donors (Lipinski definition) is 2. The molecule has 2 aromatic carbocycles. The zero-order valence-corrected chi connectivity index (χ0v) is 11.5. The lowest BCUT2D eigenvalue weighted by Crippen LogP contribution is -2.40. The van der Waals surface area contributed by atoms with Crippen LogP contribution in [0.25, 0.3) is 0 Å². The maximum atomic E-state index is 12.0. The summed E-state index contributed by atoms with van der Waals surface area (Å²) in [4.78, 5) is 33.6. The summed E-state index contributed by atoms with van der Waals surface area (Å²) in [7, 11) is 0. The van der Waals surface area contributed by atoms with E-state index in [1.807, 2.05) is 0 Å². The number of nitrogens with one attached hydrogen (secondary N) is 2. The third kappa shape index (κ3) is 2.81. The number of hydrazine groups is 1. The Balaban J connectivity index is 1.66. The van der Waals surface area contributed by atoms with Crippen LogP contribution in [0.3, 0.4) is 0 Å². The van der Waals surface area contributed by atoms with Crippen molar-refractivity contribution in [2.75, 3.05) is 0 Å². The zero-order valence-electron chi connectivity index (χ0n) is 11.5. The topological polar surface area (TPSA) is 111 Å². The summed E-state index contributed by atoms with van der Waals surface area (Å²) in [5, 5.41) is 10.6. The molecule has 23 heavy (non-hydrogen) atoms. The summed E-state index contributed by atoms with van der Waals surface area (Å²) in [5.74, 6) is -1.07. The molecule has 0 radical (unpaired) electrons. The van der Waals surface area contributed by atoms with Crippen LogP contribution in [0.1, 0.15) is 32.5 Å². The molecule has 1 aliphatic rings. The van der Waals surface area contributed by atoms with Gasteiger partial charge in [0.1, 0.15) is 5.56 Å². The van der Waals surface area contributed by atoms with E-state index < -0.39 is 23.0 Å². The molecule has 2 aromatic rings. The number of ether oxygens (including phenoxy) is 1. The molecule has 2 N–H and O–H groups in total. The van der Waals surface area contributed by atoms with Gasteiger partial charge in [-0.05, 0) is 24.3 Å². The summed E-state index contributed by atoms with van der Waals surface area (Å²) in [5.41, 5.74) is 5.89. The molecule has 0 spiro atoms. The molecule has 0 aliphatic carbocycles. The second-order valence-electron chi connectivity index (χ2n) is 4.62. The molecule has 0 saturated heterocycles. The second-order valence-corrected chi connectivity index (χ2v) is 4.62. The SMILES string of the molecule is O=C(NNC1OC(=O)c2c#cccc21)c1ccc([N+](=O)[O-])cc1. The fraction of sp³-hybridized carbons (Fsp3) is 0.0667. The lowest BCUT2D eigenvalue weighted by Gasteiger charge is -2.13. The number of amides is 1. The summed E-state index contributed by atoms with van der Waals surface area (Å²) in [6.07, 6.45) is -0.828. The minimum atomic E-state index is -0.828. The lowest BCUT2D eigenvalue weighted by molar-refractivity contribution is -0.384. The van der Waals surface area contributed by atoms with E-state index in [1.54, 1.807) is 12.1 Å². The first-order chi connectivity index (χ1) is 11.1. The van der Waals surface area contributed by atoms with E-state index in [4.69, 9.17) is 4.74 Å². The fourth-order valence-corrected chi connectivity index (χ4v) is 2.06. The average Bonchev–Trinajstić information content (AvgIpc) is 2.89. The molecule has 0 saturated carbocycles. The van der Waals surface area contributed by atoms with Gasteiger partial charge in [0, 0.05) is 23.3 Å². The number of fused-ring (bicyclic) bond motifs is 1. The van der Waals surface area contributed by atoms with Gasteiger partial charge in [-0.3, -0.25) is 20.3 Å². The van der Waals surface area contributed by atoms with Crippen LogP contribution < -0.4 is 10.9 Å². The number of carbonyl (C=O) groups is 2. The summed E-state index contributed by atoms with van der Waals surface area (Å²) >= 11 is 0. The third-order valence-electron chi connectivity index (χ3n) is 3.20. The van der Waals surface area contributed by atoms with Gasteiger partial charge in [-0.15, -0.1) is 0 Å². The number of cyclic esters (lactones) is 1. The summed E-state index contributed by atoms with van der Waals surface area (Å²) in [6.45, 7) is 0. The number of esters is 1. The Morgan fingerprint density at radius 1 is 1.26 bits per heavy atom. The van der Waals surface area contributed by atoms with Crippen molar-refractivity contribution in [1.29, 1.82) is 0 Å². The Kier molecular flexibility index (Phi) is 3.62. The van der Waals surface area contributed by atoms with Crippen LogP contribution in [0, 0.1) is 22.2 Å². The van der Waals surface area contributed by atoms with E-state index in [1.165, 1.54) is 24.3 Å². The molecule has 114 valence electrons. The first-order valence-corrected chi connectivity index (χ1v) is 6.50. The van der Waals surface area contributed by atoms with E-state index in [0.29, 0.717) is 5.56 Å². The number of nitro groups is 1. The van der Waals surface area contributed by atoms with E-state index in [9.17, 15) is 19.7 Å². The molecule has 3 rings (SSSR count). The Morgan fingerprint density at radius 3 is 2.70 bits per heavy atom. The van der Waals surface area contributed by atoms with Crippen molar-refractivity contribution in [1.82, 2.24) is 10.9 Å². The lowest BCUT2D eigenvalue weighted by atomic mass is 10.1. The van der Waals surface area contributed by atoms with Crippen LogP contribution in [0.15, 0.2) is 36.4 Å². The Hall–Kier alpha value is -3.44. The highest BCUT2D eigenvalue weighted by Crippen LogP contribution is 2.26. The quantitative estimate of drug-likeness (QED) is 0.500. The van der Waals surface area contributed by atoms with Crippen LogP contribution in [0.4, 0.5) is 5.69 Å². The highest BCUT2D eigenvalue weighted by atomic mass is 16.6. The Morgan fingerprint density at radius 2 is 2.00 bits per heavy atom. The molecular weight excluding hydrogens is 302 g/mol. The molecule has 0 fully saturated rings. The first kappa shape index (κ1) is 14.5. The van der Waals surface area contributed by atoms with Crippen molar-refractivity contribution >= 4 is 17.6 Å². The molecule has 8 heteroatoms. The molecule has 1 heterocycles. The van der Waals surface area contributed by atoms with Crippen molar-refractivity contribution in [2.45, 2.75) is 6.23 Å². The molecule has 1 aliphatic heterocycles. The van der Waals surface area contributed by atoms with Crippen LogP contribution in [0.5, 0.6) is 0 Å². The maximum Gasteiger partial charge on any atom is 0.349 e. The van der Waals surface area contributed by atoms with E-state index in [-0.39, 0.29) is 16.8 Å². The van der Waals surface area contributed by atoms with Crippen molar-refractivity contribution < 1.29 is 19.2 Å². The summed E-state index contributed by atoms with van der Waals surface area (Å²) in [6, 6.07) is 13.6. The molecule has 1 atom stereocenters. The third-order valence-corrected chi connectivity index (χ3v) is 3.20. The van der Waals surface area contributed by atoms with Crippen molar-refractivity contribution in [3.8, 4) is 0 Å². The van der Waals surface area contributed by atoms with Gasteiger partial charge in [0.05, 0.1) is 4.92 Å². The molecular formula is C15H9N3O5. The van der Waals surface area contributed by atoms with Crippen LogP contribution in [-0.2, 0) is 4.74 Å². The van der Waals surface area contributed by atoms with E-state index >= 15 is 0 Å². The average molecular weight is 311 g/mol. The van der Waals surface area contributed by atoms with Gasteiger partial charge in [0.25, 0.3) is 11.6 Å².